The van der Waals surface area contributed by atoms with E-state index in [1.807, 2.05) is 6.92 Å². The lowest BCUT2D eigenvalue weighted by atomic mass is 10.2. The average molecular weight is 259 g/mol. The van der Waals surface area contributed by atoms with Gasteiger partial charge in [-0.2, -0.15) is 0 Å². The molecule has 5 heteroatoms. The summed E-state index contributed by atoms with van der Waals surface area (Å²) in [7, 11) is 0. The van der Waals surface area contributed by atoms with Crippen molar-refractivity contribution in [3.8, 4) is 11.5 Å². The van der Waals surface area contributed by atoms with Crippen molar-refractivity contribution >= 4 is 17.6 Å². The highest BCUT2D eigenvalue weighted by atomic mass is 35.5. The highest BCUT2D eigenvalue weighted by Crippen LogP contribution is 2.28. The van der Waals surface area contributed by atoms with E-state index in [1.165, 1.54) is 12.1 Å². The summed E-state index contributed by atoms with van der Waals surface area (Å²) in [6.07, 6.45) is -0.160. The number of ether oxygens (including phenoxy) is 2. The molecule has 1 aromatic rings. The zero-order valence-corrected chi connectivity index (χ0v) is 10.5. The second-order valence-electron chi connectivity index (χ2n) is 3.38. The molecule has 0 aliphatic carbocycles. The van der Waals surface area contributed by atoms with Crippen LogP contribution in [-0.2, 0) is 9.53 Å². The number of halogens is 1. The van der Waals surface area contributed by atoms with Gasteiger partial charge in [-0.1, -0.05) is 18.5 Å². The number of benzene rings is 1. The minimum absolute atomic E-state index is 0.0248. The van der Waals surface area contributed by atoms with Gasteiger partial charge in [0.2, 0.25) is 0 Å². The largest absolute Gasteiger partial charge is 0.506 e. The van der Waals surface area contributed by atoms with Crippen molar-refractivity contribution in [1.29, 1.82) is 0 Å². The van der Waals surface area contributed by atoms with Crippen LogP contribution in [-0.4, -0.2) is 23.8 Å². The molecule has 1 atom stereocenters. The predicted molar refractivity (Wildman–Crippen MR) is 64.5 cm³/mol. The standard InChI is InChI=1S/C12H15ClO4/c1-3-11(12(15)16-4-2)17-8-5-6-10(14)9(13)7-8/h5-7,11,14H,3-4H2,1-2H3. The summed E-state index contributed by atoms with van der Waals surface area (Å²) in [5.74, 6) is -0.00454. The minimum atomic E-state index is -0.657. The lowest BCUT2D eigenvalue weighted by Crippen LogP contribution is -2.28. The van der Waals surface area contributed by atoms with Gasteiger partial charge < -0.3 is 14.6 Å². The van der Waals surface area contributed by atoms with Crippen LogP contribution in [0.1, 0.15) is 20.3 Å². The molecule has 0 saturated carbocycles. The Bertz CT molecular complexity index is 392. The van der Waals surface area contributed by atoms with Gasteiger partial charge in [-0.05, 0) is 25.5 Å². The van der Waals surface area contributed by atoms with E-state index in [2.05, 4.69) is 0 Å². The Balaban J connectivity index is 2.73. The van der Waals surface area contributed by atoms with E-state index < -0.39 is 12.1 Å². The number of hydrogen-bond acceptors (Lipinski definition) is 4. The SMILES string of the molecule is CCOC(=O)C(CC)Oc1ccc(O)c(Cl)c1. The lowest BCUT2D eigenvalue weighted by Gasteiger charge is -2.16. The lowest BCUT2D eigenvalue weighted by molar-refractivity contribution is -0.151. The normalized spacial score (nSPS) is 11.9. The third-order valence-electron chi connectivity index (χ3n) is 2.12. The first-order chi connectivity index (χ1) is 8.08. The number of carbonyl (C=O) groups excluding carboxylic acids is 1. The second-order valence-corrected chi connectivity index (χ2v) is 3.79. The van der Waals surface area contributed by atoms with Crippen LogP contribution in [0, 0.1) is 0 Å². The van der Waals surface area contributed by atoms with Crippen molar-refractivity contribution in [1.82, 2.24) is 0 Å². The molecule has 4 nitrogen and oxygen atoms in total. The average Bonchev–Trinajstić information content (AvgIpc) is 2.30. The molecule has 0 saturated heterocycles. The van der Waals surface area contributed by atoms with Crippen LogP contribution in [0.5, 0.6) is 11.5 Å². The topological polar surface area (TPSA) is 55.8 Å². The number of phenols is 1. The maximum Gasteiger partial charge on any atom is 0.347 e. The molecular formula is C12H15ClO4. The number of hydrogen-bond donors (Lipinski definition) is 1. The van der Waals surface area contributed by atoms with E-state index >= 15 is 0 Å². The molecule has 94 valence electrons. The summed E-state index contributed by atoms with van der Waals surface area (Å²) < 4.78 is 10.3. The molecule has 0 bridgehead atoms. The Kier molecular flexibility index (Phi) is 5.10. The molecular weight excluding hydrogens is 244 g/mol. The molecule has 17 heavy (non-hydrogen) atoms. The van der Waals surface area contributed by atoms with Gasteiger partial charge in [0.1, 0.15) is 11.5 Å². The summed E-state index contributed by atoms with van der Waals surface area (Å²) in [6.45, 7) is 3.88. The van der Waals surface area contributed by atoms with E-state index in [4.69, 9.17) is 21.1 Å². The van der Waals surface area contributed by atoms with Gasteiger partial charge in [0, 0.05) is 6.07 Å². The monoisotopic (exact) mass is 258 g/mol. The molecule has 0 aromatic heterocycles. The molecule has 1 unspecified atom stereocenters. The Morgan fingerprint density at radius 1 is 1.47 bits per heavy atom. The highest BCUT2D eigenvalue weighted by molar-refractivity contribution is 6.32. The number of aromatic hydroxyl groups is 1. The second kappa shape index (κ2) is 6.35. The number of carbonyl (C=O) groups is 1. The van der Waals surface area contributed by atoms with Gasteiger partial charge in [-0.3, -0.25) is 0 Å². The molecule has 0 radical (unpaired) electrons. The van der Waals surface area contributed by atoms with Crippen molar-refractivity contribution in [2.24, 2.45) is 0 Å². The van der Waals surface area contributed by atoms with E-state index in [-0.39, 0.29) is 10.8 Å². The van der Waals surface area contributed by atoms with Gasteiger partial charge in [0.25, 0.3) is 0 Å². The Morgan fingerprint density at radius 3 is 2.71 bits per heavy atom. The van der Waals surface area contributed by atoms with E-state index in [9.17, 15) is 9.90 Å². The molecule has 0 amide bonds. The Morgan fingerprint density at radius 2 is 2.18 bits per heavy atom. The predicted octanol–water partition coefficient (Wildman–Crippen LogP) is 2.77. The van der Waals surface area contributed by atoms with Crippen LogP contribution in [0.25, 0.3) is 0 Å². The fourth-order valence-electron chi connectivity index (χ4n) is 1.26. The molecule has 0 spiro atoms. The van der Waals surface area contributed by atoms with Crippen LogP contribution in [0.15, 0.2) is 18.2 Å². The van der Waals surface area contributed by atoms with Crippen LogP contribution in [0.4, 0.5) is 0 Å². The van der Waals surface area contributed by atoms with Crippen LogP contribution in [0.2, 0.25) is 5.02 Å². The summed E-state index contributed by atoms with van der Waals surface area (Å²) in [5, 5.41) is 9.43. The first-order valence-electron chi connectivity index (χ1n) is 5.40. The van der Waals surface area contributed by atoms with Crippen molar-refractivity contribution in [2.45, 2.75) is 26.4 Å². The van der Waals surface area contributed by atoms with Gasteiger partial charge in [-0.25, -0.2) is 4.79 Å². The maximum atomic E-state index is 11.5. The molecule has 0 aliphatic heterocycles. The van der Waals surface area contributed by atoms with Crippen molar-refractivity contribution in [3.63, 3.8) is 0 Å². The van der Waals surface area contributed by atoms with Crippen molar-refractivity contribution in [3.05, 3.63) is 23.2 Å². The fourth-order valence-corrected chi connectivity index (χ4v) is 1.43. The van der Waals surface area contributed by atoms with E-state index in [0.717, 1.165) is 0 Å². The molecule has 0 fully saturated rings. The smallest absolute Gasteiger partial charge is 0.347 e. The third kappa shape index (κ3) is 3.82. The molecule has 1 rings (SSSR count). The molecule has 0 aliphatic rings. The van der Waals surface area contributed by atoms with E-state index in [1.54, 1.807) is 13.0 Å². The Labute approximate surface area is 105 Å². The number of rotatable bonds is 5. The summed E-state index contributed by atoms with van der Waals surface area (Å²) in [4.78, 5) is 11.5. The van der Waals surface area contributed by atoms with E-state index in [0.29, 0.717) is 18.8 Å². The fraction of sp³-hybridized carbons (Fsp3) is 0.417. The van der Waals surface area contributed by atoms with Gasteiger partial charge in [0.05, 0.1) is 11.6 Å². The summed E-state index contributed by atoms with van der Waals surface area (Å²) >= 11 is 5.74. The van der Waals surface area contributed by atoms with Crippen molar-refractivity contribution in [2.75, 3.05) is 6.61 Å². The van der Waals surface area contributed by atoms with Gasteiger partial charge >= 0.3 is 5.97 Å². The quantitative estimate of drug-likeness (QED) is 0.825. The van der Waals surface area contributed by atoms with Gasteiger partial charge in [0.15, 0.2) is 6.10 Å². The zero-order valence-electron chi connectivity index (χ0n) is 9.77. The number of phenolic OH excluding ortho intramolecular Hbond substituents is 1. The maximum absolute atomic E-state index is 11.5. The molecule has 1 aromatic carbocycles. The Hall–Kier alpha value is -1.42. The highest BCUT2D eigenvalue weighted by Gasteiger charge is 2.19. The summed E-state index contributed by atoms with van der Waals surface area (Å²) in [5.41, 5.74) is 0. The summed E-state index contributed by atoms with van der Waals surface area (Å²) in [6, 6.07) is 4.41. The van der Waals surface area contributed by atoms with Gasteiger partial charge in [-0.15, -0.1) is 0 Å². The van der Waals surface area contributed by atoms with Crippen LogP contribution >= 0.6 is 11.6 Å². The molecule has 0 heterocycles. The third-order valence-corrected chi connectivity index (χ3v) is 2.42. The van der Waals surface area contributed by atoms with Crippen molar-refractivity contribution < 1.29 is 19.4 Å². The first-order valence-corrected chi connectivity index (χ1v) is 5.78. The number of esters is 1. The minimum Gasteiger partial charge on any atom is -0.506 e. The molecule has 1 N–H and O–H groups in total. The van der Waals surface area contributed by atoms with Crippen LogP contribution < -0.4 is 4.74 Å². The first kappa shape index (κ1) is 13.6. The van der Waals surface area contributed by atoms with Crippen LogP contribution in [0.3, 0.4) is 0 Å². The zero-order chi connectivity index (χ0) is 12.8.